The van der Waals surface area contributed by atoms with Gasteiger partial charge in [0.1, 0.15) is 11.2 Å². The highest BCUT2D eigenvalue weighted by molar-refractivity contribution is 6.48. The molecule has 0 fully saturated rings. The highest BCUT2D eigenvalue weighted by Crippen LogP contribution is 2.52. The number of ether oxygens (including phenoxy) is 4. The van der Waals surface area contributed by atoms with Crippen molar-refractivity contribution in [1.82, 2.24) is 9.80 Å². The Kier molecular flexibility index (Phi) is 19.0. The Hall–Kier alpha value is -6.44. The summed E-state index contributed by atoms with van der Waals surface area (Å²) in [6.07, 6.45) is -15.5. The van der Waals surface area contributed by atoms with E-state index in [2.05, 4.69) is 20.6 Å². The van der Waals surface area contributed by atoms with Crippen LogP contribution in [0.5, 0.6) is 0 Å². The second-order valence-corrected chi connectivity index (χ2v) is 23.4. The van der Waals surface area contributed by atoms with Gasteiger partial charge in [-0.15, -0.1) is 0 Å². The Balaban J connectivity index is 0.000000241. The van der Waals surface area contributed by atoms with Gasteiger partial charge in [0.05, 0.1) is 68.6 Å². The van der Waals surface area contributed by atoms with Crippen LogP contribution in [0, 0.1) is 13.8 Å². The number of hydrogen-bond donors (Lipinski definition) is 0. The Labute approximate surface area is 506 Å². The van der Waals surface area contributed by atoms with Crippen molar-refractivity contribution in [3.05, 3.63) is 135 Å². The van der Waals surface area contributed by atoms with Crippen molar-refractivity contribution >= 4 is 117 Å². The maximum absolute atomic E-state index is 14.4. The molecule has 0 aromatic heterocycles. The lowest BCUT2D eigenvalue weighted by Crippen LogP contribution is -2.47. The molecule has 0 bridgehead atoms. The predicted molar refractivity (Wildman–Crippen MR) is 298 cm³/mol. The summed E-state index contributed by atoms with van der Waals surface area (Å²) in [6.45, 7) is 12.9. The topological polar surface area (TPSA) is 198 Å². The van der Waals surface area contributed by atoms with Gasteiger partial charge in [0.25, 0.3) is 23.0 Å². The highest BCUT2D eigenvalue weighted by atomic mass is 35.5. The van der Waals surface area contributed by atoms with Gasteiger partial charge in [-0.2, -0.15) is 26.3 Å². The molecule has 4 atom stereocenters. The monoisotopic (exact) mass is 1300 g/mol. The van der Waals surface area contributed by atoms with Crippen LogP contribution in [0.15, 0.2) is 81.3 Å². The molecule has 4 heterocycles. The molecule has 84 heavy (non-hydrogen) atoms. The third-order valence-corrected chi connectivity index (χ3v) is 15.2. The summed E-state index contributed by atoms with van der Waals surface area (Å²) in [6, 6.07) is 12.6. The SMILES string of the molecule is COC1=NO[C@@H](N(C(=O)OC(C)(C)C)C(=O)c2ccc(C3=NO[C@@](c4cc(Cl)c(Cl)c(Cl)c4)(C(F)(F)F)C3)cc2C)C1.COC1=NO[C@H](N(C(=O)OC(C)(C)C)C(=O)c2ccc(C3=NO[C@@](c4cc(Cl)c(Cl)c(Cl)c4)(C(F)(F)F)C3)cc2C)C1. The zero-order valence-corrected chi connectivity index (χ0v) is 50.4. The minimum atomic E-state index is -4.91. The van der Waals surface area contributed by atoms with Crippen LogP contribution < -0.4 is 0 Å². The first kappa shape index (κ1) is 65.1. The smallest absolute Gasteiger partial charge is 0.435 e. The first-order chi connectivity index (χ1) is 38.9. The summed E-state index contributed by atoms with van der Waals surface area (Å²) in [5, 5.41) is 14.0. The quantitative estimate of drug-likeness (QED) is 0.120. The van der Waals surface area contributed by atoms with E-state index in [0.29, 0.717) is 11.1 Å². The van der Waals surface area contributed by atoms with Crippen molar-refractivity contribution in [2.75, 3.05) is 14.2 Å². The van der Waals surface area contributed by atoms with Crippen LogP contribution >= 0.6 is 69.6 Å². The number of carbonyl (C=O) groups is 4. The van der Waals surface area contributed by atoms with Crippen LogP contribution in [-0.2, 0) is 49.5 Å². The molecule has 4 aliphatic heterocycles. The second-order valence-electron chi connectivity index (χ2n) is 21.0. The van der Waals surface area contributed by atoms with Crippen molar-refractivity contribution < 1.29 is 83.8 Å². The Bertz CT molecular complexity index is 3160. The van der Waals surface area contributed by atoms with E-state index in [9.17, 15) is 45.5 Å². The number of carbonyl (C=O) groups excluding carboxylic acids is 4. The molecule has 18 nitrogen and oxygen atoms in total. The average molecular weight is 1300 g/mol. The van der Waals surface area contributed by atoms with Crippen LogP contribution in [-0.4, -0.2) is 107 Å². The Morgan fingerprint density at radius 2 is 0.857 bits per heavy atom. The van der Waals surface area contributed by atoms with Gasteiger partial charge >= 0.3 is 24.5 Å². The number of nitrogens with zero attached hydrogens (tertiary/aromatic N) is 6. The summed E-state index contributed by atoms with van der Waals surface area (Å²) >= 11 is 35.9. The van der Waals surface area contributed by atoms with Crippen LogP contribution in [0.3, 0.4) is 0 Å². The molecule has 4 aromatic carbocycles. The second kappa shape index (κ2) is 24.5. The van der Waals surface area contributed by atoms with Gasteiger partial charge in [-0.05, 0) is 136 Å². The van der Waals surface area contributed by atoms with Gasteiger partial charge in [0.15, 0.2) is 0 Å². The molecule has 0 spiro atoms. The number of alkyl halides is 6. The number of hydrogen-bond acceptors (Lipinski definition) is 16. The van der Waals surface area contributed by atoms with Crippen molar-refractivity contribution in [2.24, 2.45) is 20.6 Å². The van der Waals surface area contributed by atoms with E-state index in [1.165, 1.54) is 50.6 Å². The van der Waals surface area contributed by atoms with Crippen molar-refractivity contribution in [2.45, 2.75) is 128 Å². The number of rotatable bonds is 8. The van der Waals surface area contributed by atoms with Crippen LogP contribution in [0.25, 0.3) is 0 Å². The molecule has 0 aliphatic carbocycles. The maximum Gasteiger partial charge on any atom is 0.435 e. The summed E-state index contributed by atoms with van der Waals surface area (Å²) in [5.74, 6) is -1.20. The molecular weight excluding hydrogens is 1250 g/mol. The zero-order valence-electron chi connectivity index (χ0n) is 45.9. The number of oxime groups is 4. The molecular formula is C54H50Cl6F6N6O12. The van der Waals surface area contributed by atoms with Crippen molar-refractivity contribution in [3.8, 4) is 0 Å². The van der Waals surface area contributed by atoms with Gasteiger partial charge in [-0.25, -0.2) is 19.4 Å². The maximum atomic E-state index is 14.4. The van der Waals surface area contributed by atoms with Gasteiger partial charge in [-0.1, -0.05) is 92.0 Å². The lowest BCUT2D eigenvalue weighted by Gasteiger charge is -2.30. The summed E-state index contributed by atoms with van der Waals surface area (Å²) in [4.78, 5) is 75.6. The van der Waals surface area contributed by atoms with Gasteiger partial charge < -0.3 is 38.3 Å². The number of imide groups is 2. The first-order valence-corrected chi connectivity index (χ1v) is 27.0. The van der Waals surface area contributed by atoms with Gasteiger partial charge in [-0.3, -0.25) is 9.59 Å². The third-order valence-electron chi connectivity index (χ3n) is 12.8. The fourth-order valence-electron chi connectivity index (χ4n) is 8.61. The molecule has 30 heteroatoms. The minimum absolute atomic E-state index is 0.00891. The normalized spacial score (nSPS) is 20.3. The Morgan fingerprint density at radius 1 is 0.536 bits per heavy atom. The average Bonchev–Trinajstić information content (AvgIpc) is 1.90. The number of amides is 4. The predicted octanol–water partition coefficient (Wildman–Crippen LogP) is 15.2. The van der Waals surface area contributed by atoms with E-state index >= 15 is 0 Å². The summed E-state index contributed by atoms with van der Waals surface area (Å²) in [7, 11) is 2.73. The van der Waals surface area contributed by atoms with Crippen LogP contribution in [0.2, 0.25) is 30.1 Å². The molecule has 8 rings (SSSR count). The van der Waals surface area contributed by atoms with E-state index in [0.717, 1.165) is 34.1 Å². The fraction of sp³-hybridized carbons (Fsp3) is 0.407. The van der Waals surface area contributed by atoms with E-state index in [-0.39, 0.29) is 99.6 Å². The minimum Gasteiger partial charge on any atom is -0.482 e. The van der Waals surface area contributed by atoms with Gasteiger partial charge in [0.2, 0.25) is 24.3 Å². The zero-order chi connectivity index (χ0) is 62.4. The standard InChI is InChI=1S/2C27H25Cl3F3N3O6/c2*1-13-8-14(19-12-26(42-34-19,27(31,32)33)15-9-17(28)22(30)18(29)10-15)6-7-16(13)23(37)36(24(38)40-25(2,3)4)21-11-20(39-5)35-41-21/h2*6-10,21H,11-12H2,1-5H3/t21-,26+;21-,26-/m10/s1. The van der Waals surface area contributed by atoms with E-state index < -0.39 is 84.1 Å². The largest absolute Gasteiger partial charge is 0.482 e. The Morgan fingerprint density at radius 3 is 1.12 bits per heavy atom. The molecule has 4 aliphatic rings. The highest BCUT2D eigenvalue weighted by Gasteiger charge is 2.64. The molecule has 0 N–H and O–H groups in total. The molecule has 0 radical (unpaired) electrons. The molecule has 0 saturated carbocycles. The van der Waals surface area contributed by atoms with Crippen molar-refractivity contribution in [3.63, 3.8) is 0 Å². The van der Waals surface area contributed by atoms with E-state index in [1.54, 1.807) is 55.4 Å². The summed E-state index contributed by atoms with van der Waals surface area (Å²) < 4.78 is 108. The fourth-order valence-corrected chi connectivity index (χ4v) is 9.80. The first-order valence-electron chi connectivity index (χ1n) is 24.8. The van der Waals surface area contributed by atoms with Crippen LogP contribution in [0.4, 0.5) is 35.9 Å². The third kappa shape index (κ3) is 13.6. The number of methoxy groups -OCH3 is 2. The van der Waals surface area contributed by atoms with E-state index in [4.69, 9.17) is 108 Å². The molecule has 4 amide bonds. The summed E-state index contributed by atoms with van der Waals surface area (Å²) in [5.41, 5.74) is -7.14. The number of halogens is 12. The van der Waals surface area contributed by atoms with E-state index in [1.807, 2.05) is 0 Å². The van der Waals surface area contributed by atoms with Crippen LogP contribution in [0.1, 0.15) is 121 Å². The molecule has 4 aromatic rings. The molecule has 452 valence electrons. The molecule has 0 saturated heterocycles. The van der Waals surface area contributed by atoms with Crippen molar-refractivity contribution in [1.29, 1.82) is 0 Å². The number of aryl methyl sites for hydroxylation is 2. The lowest BCUT2D eigenvalue weighted by atomic mass is 9.86. The lowest BCUT2D eigenvalue weighted by molar-refractivity contribution is -0.276. The number of benzene rings is 4. The molecule has 0 unspecified atom stereocenters. The van der Waals surface area contributed by atoms with Gasteiger partial charge in [0, 0.05) is 35.1 Å².